The number of carbonyl (C=O) groups is 3. The topological polar surface area (TPSA) is 95.1 Å². The molecule has 0 aliphatic carbocycles. The number of amides is 3. The molecule has 142 valence electrons. The van der Waals surface area contributed by atoms with E-state index in [1.807, 2.05) is 0 Å². The number of hydrogen-bond acceptors (Lipinski definition) is 5. The van der Waals surface area contributed by atoms with E-state index in [1.54, 1.807) is 17.0 Å². The molecule has 1 aromatic rings. The fourth-order valence-corrected chi connectivity index (χ4v) is 6.12. The van der Waals surface area contributed by atoms with Gasteiger partial charge in [-0.15, -0.1) is 0 Å². The van der Waals surface area contributed by atoms with Crippen LogP contribution in [0.15, 0.2) is 17.0 Å². The van der Waals surface area contributed by atoms with Crippen LogP contribution in [-0.2, 0) is 37.2 Å². The van der Waals surface area contributed by atoms with Crippen molar-refractivity contribution in [3.05, 3.63) is 23.3 Å². The Morgan fingerprint density at radius 3 is 2.07 bits per heavy atom. The third-order valence-corrected chi connectivity index (χ3v) is 7.76. The van der Waals surface area contributed by atoms with E-state index in [-0.39, 0.29) is 54.6 Å². The molecule has 4 heterocycles. The number of carbonyl (C=O) groups excluding carboxylic acids is 3. The lowest BCUT2D eigenvalue weighted by Gasteiger charge is -2.42. The minimum absolute atomic E-state index is 0.0994. The van der Waals surface area contributed by atoms with Gasteiger partial charge in [0.25, 0.3) is 0 Å². The first-order valence-corrected chi connectivity index (χ1v) is 10.6. The molecule has 0 aromatic heterocycles. The molecule has 0 bridgehead atoms. The molecular weight excluding hydrogens is 370 g/mol. The molecule has 9 heteroatoms. The van der Waals surface area contributed by atoms with Crippen molar-refractivity contribution in [1.29, 1.82) is 0 Å². The van der Waals surface area contributed by atoms with Gasteiger partial charge in [0.15, 0.2) is 0 Å². The third kappa shape index (κ3) is 2.37. The van der Waals surface area contributed by atoms with Crippen LogP contribution in [0.1, 0.15) is 30.4 Å². The maximum atomic E-state index is 13.0. The third-order valence-electron chi connectivity index (χ3n) is 5.95. The van der Waals surface area contributed by atoms with Crippen molar-refractivity contribution < 1.29 is 22.8 Å². The van der Waals surface area contributed by atoms with Crippen LogP contribution in [0.2, 0.25) is 0 Å². The molecule has 2 saturated heterocycles. The molecule has 3 amide bonds. The van der Waals surface area contributed by atoms with Crippen LogP contribution in [0, 0.1) is 0 Å². The van der Waals surface area contributed by atoms with Crippen molar-refractivity contribution in [2.75, 3.05) is 24.5 Å². The van der Waals surface area contributed by atoms with Crippen molar-refractivity contribution in [1.82, 2.24) is 9.21 Å². The van der Waals surface area contributed by atoms with E-state index in [1.165, 1.54) is 9.21 Å². The zero-order chi connectivity index (χ0) is 18.9. The molecule has 0 spiro atoms. The van der Waals surface area contributed by atoms with Crippen LogP contribution in [0.3, 0.4) is 0 Å². The second kappa shape index (κ2) is 5.62. The Balaban J connectivity index is 1.40. The zero-order valence-corrected chi connectivity index (χ0v) is 15.5. The van der Waals surface area contributed by atoms with Gasteiger partial charge in [-0.1, -0.05) is 0 Å². The summed E-state index contributed by atoms with van der Waals surface area (Å²) in [5.74, 6) is -0.329. The number of rotatable bonds is 3. The Morgan fingerprint density at radius 2 is 1.41 bits per heavy atom. The van der Waals surface area contributed by atoms with Crippen molar-refractivity contribution in [3.8, 4) is 0 Å². The highest BCUT2D eigenvalue weighted by Crippen LogP contribution is 2.39. The number of likely N-dealkylation sites (tertiary alicyclic amines) is 1. The van der Waals surface area contributed by atoms with E-state index in [0.717, 1.165) is 16.8 Å². The summed E-state index contributed by atoms with van der Waals surface area (Å²) >= 11 is 0. The highest BCUT2D eigenvalue weighted by Gasteiger charge is 2.46. The second-order valence-corrected chi connectivity index (χ2v) is 9.46. The van der Waals surface area contributed by atoms with Crippen LogP contribution in [0.4, 0.5) is 5.69 Å². The van der Waals surface area contributed by atoms with Crippen LogP contribution < -0.4 is 4.90 Å². The van der Waals surface area contributed by atoms with Crippen molar-refractivity contribution in [3.63, 3.8) is 0 Å². The van der Waals surface area contributed by atoms with Gasteiger partial charge in [-0.2, -0.15) is 4.31 Å². The maximum absolute atomic E-state index is 13.0. The van der Waals surface area contributed by atoms with Crippen molar-refractivity contribution >= 4 is 33.4 Å². The summed E-state index contributed by atoms with van der Waals surface area (Å²) in [4.78, 5) is 38.9. The molecule has 27 heavy (non-hydrogen) atoms. The molecule has 4 aliphatic rings. The monoisotopic (exact) mass is 389 g/mol. The van der Waals surface area contributed by atoms with E-state index in [0.29, 0.717) is 25.8 Å². The summed E-state index contributed by atoms with van der Waals surface area (Å²) < 4.78 is 27.4. The summed E-state index contributed by atoms with van der Waals surface area (Å²) in [5.41, 5.74) is 2.70. The normalized spacial score (nSPS) is 23.2. The predicted octanol–water partition coefficient (Wildman–Crippen LogP) is 0.0438. The summed E-state index contributed by atoms with van der Waals surface area (Å²) in [5, 5.41) is 0. The molecule has 5 rings (SSSR count). The quantitative estimate of drug-likeness (QED) is 0.681. The number of aryl methyl sites for hydroxylation is 1. The minimum Gasteiger partial charge on any atom is -0.312 e. The molecule has 0 radical (unpaired) electrons. The Labute approximate surface area is 156 Å². The summed E-state index contributed by atoms with van der Waals surface area (Å²) in [6, 6.07) is 2.99. The summed E-state index contributed by atoms with van der Waals surface area (Å²) in [7, 11) is -3.68. The maximum Gasteiger partial charge on any atom is 0.243 e. The predicted molar refractivity (Wildman–Crippen MR) is 94.5 cm³/mol. The summed E-state index contributed by atoms with van der Waals surface area (Å²) in [6.45, 7) is 0.906. The molecule has 0 saturated carbocycles. The minimum atomic E-state index is -3.68. The van der Waals surface area contributed by atoms with E-state index < -0.39 is 10.0 Å². The average molecular weight is 389 g/mol. The standard InChI is InChI=1S/C18H19N3O5S/c22-15-2-1-11-7-14(8-12-5-6-20(15)18(11)12)27(25,26)19-9-13(10-19)21-16(23)3-4-17(21)24/h7-8,13H,1-6,9-10H2. The van der Waals surface area contributed by atoms with Crippen LogP contribution in [-0.4, -0.2) is 61.0 Å². The van der Waals surface area contributed by atoms with Gasteiger partial charge in [0.1, 0.15) is 0 Å². The number of imide groups is 1. The highest BCUT2D eigenvalue weighted by molar-refractivity contribution is 7.89. The second-order valence-electron chi connectivity index (χ2n) is 7.52. The van der Waals surface area contributed by atoms with Crippen molar-refractivity contribution in [2.24, 2.45) is 0 Å². The molecule has 8 nitrogen and oxygen atoms in total. The molecule has 4 aliphatic heterocycles. The number of hydrogen-bond donors (Lipinski definition) is 0. The van der Waals surface area contributed by atoms with Gasteiger partial charge in [0, 0.05) is 38.9 Å². The van der Waals surface area contributed by atoms with Crippen molar-refractivity contribution in [2.45, 2.75) is 43.0 Å². The molecule has 0 unspecified atom stereocenters. The number of nitrogens with zero attached hydrogens (tertiary/aromatic N) is 3. The van der Waals surface area contributed by atoms with Gasteiger partial charge < -0.3 is 4.90 Å². The van der Waals surface area contributed by atoms with E-state index in [2.05, 4.69) is 0 Å². The van der Waals surface area contributed by atoms with Gasteiger partial charge in [-0.25, -0.2) is 8.42 Å². The lowest BCUT2D eigenvalue weighted by molar-refractivity contribution is -0.143. The Hall–Kier alpha value is -2.26. The Kier molecular flexibility index (Phi) is 3.51. The van der Waals surface area contributed by atoms with Gasteiger partial charge >= 0.3 is 0 Å². The largest absolute Gasteiger partial charge is 0.312 e. The molecule has 1 aromatic carbocycles. The smallest absolute Gasteiger partial charge is 0.243 e. The van der Waals surface area contributed by atoms with E-state index in [4.69, 9.17) is 0 Å². The zero-order valence-electron chi connectivity index (χ0n) is 14.7. The molecular formula is C18H19N3O5S. The van der Waals surface area contributed by atoms with Crippen LogP contribution in [0.25, 0.3) is 0 Å². The lowest BCUT2D eigenvalue weighted by Crippen LogP contribution is -2.62. The lowest BCUT2D eigenvalue weighted by atomic mass is 10.00. The Bertz CT molecular complexity index is 980. The molecule has 2 fully saturated rings. The first-order valence-electron chi connectivity index (χ1n) is 9.17. The Morgan fingerprint density at radius 1 is 0.815 bits per heavy atom. The van der Waals surface area contributed by atoms with Gasteiger partial charge in [-0.3, -0.25) is 19.3 Å². The fourth-order valence-electron chi connectivity index (χ4n) is 4.50. The van der Waals surface area contributed by atoms with Gasteiger partial charge in [-0.05, 0) is 36.1 Å². The van der Waals surface area contributed by atoms with Gasteiger partial charge in [0.05, 0.1) is 16.6 Å². The first kappa shape index (κ1) is 16.9. The van der Waals surface area contributed by atoms with Crippen LogP contribution >= 0.6 is 0 Å². The number of anilines is 1. The first-order chi connectivity index (χ1) is 12.9. The molecule has 0 N–H and O–H groups in total. The number of sulfonamides is 1. The van der Waals surface area contributed by atoms with E-state index in [9.17, 15) is 22.8 Å². The summed E-state index contributed by atoms with van der Waals surface area (Å²) in [6.07, 6.45) is 2.05. The van der Waals surface area contributed by atoms with E-state index >= 15 is 0 Å². The SMILES string of the molecule is O=C1CCc2cc(S(=O)(=O)N3CC(N4C(=O)CCC4=O)C3)cc3c2N1CC3. The number of benzene rings is 1. The fraction of sp³-hybridized carbons (Fsp3) is 0.500. The highest BCUT2D eigenvalue weighted by atomic mass is 32.2. The average Bonchev–Trinajstić information content (AvgIpc) is 3.16. The molecule has 0 atom stereocenters. The van der Waals surface area contributed by atoms with Crippen LogP contribution in [0.5, 0.6) is 0 Å². The van der Waals surface area contributed by atoms with Gasteiger partial charge in [0.2, 0.25) is 27.7 Å².